The van der Waals surface area contributed by atoms with Gasteiger partial charge in [0, 0.05) is 28.7 Å². The fraction of sp³-hybridized carbons (Fsp3) is 0.258. The summed E-state index contributed by atoms with van der Waals surface area (Å²) in [4.78, 5) is 43.1. The van der Waals surface area contributed by atoms with Gasteiger partial charge in [0.25, 0.3) is 5.91 Å². The van der Waals surface area contributed by atoms with Gasteiger partial charge in [-0.05, 0) is 55.7 Å². The lowest BCUT2D eigenvalue weighted by Gasteiger charge is -2.34. The Morgan fingerprint density at radius 2 is 1.68 bits per heavy atom. The molecule has 4 aromatic rings. The Morgan fingerprint density at radius 1 is 0.950 bits per heavy atom. The Hall–Kier alpha value is -4.11. The zero-order valence-corrected chi connectivity index (χ0v) is 24.3. The van der Waals surface area contributed by atoms with Crippen molar-refractivity contribution in [2.24, 2.45) is 0 Å². The average molecular weight is 601 g/mol. The van der Waals surface area contributed by atoms with Crippen LogP contribution in [0.4, 0.5) is 0 Å². The van der Waals surface area contributed by atoms with E-state index >= 15 is 0 Å². The van der Waals surface area contributed by atoms with Crippen molar-refractivity contribution >= 4 is 33.5 Å². The molecule has 0 bridgehead atoms. The first-order chi connectivity index (χ1) is 19.2. The van der Waals surface area contributed by atoms with Crippen LogP contribution in [0, 0.1) is 13.8 Å². The van der Waals surface area contributed by atoms with Gasteiger partial charge in [0.15, 0.2) is 5.78 Å². The highest BCUT2D eigenvalue weighted by molar-refractivity contribution is 9.10. The number of carbonyl (C=O) groups excluding carboxylic acids is 3. The summed E-state index contributed by atoms with van der Waals surface area (Å²) in [6.45, 7) is 6.96. The Bertz CT molecular complexity index is 1600. The van der Waals surface area contributed by atoms with E-state index < -0.39 is 0 Å². The number of rotatable bonds is 7. The second-order valence-electron chi connectivity index (χ2n) is 10.1. The Morgan fingerprint density at radius 3 is 2.40 bits per heavy atom. The van der Waals surface area contributed by atoms with Crippen LogP contribution in [0.15, 0.2) is 77.4 Å². The minimum atomic E-state index is -0.325. The maximum absolute atomic E-state index is 13.5. The molecule has 0 unspecified atom stereocenters. The van der Waals surface area contributed by atoms with Crippen LogP contribution in [0.5, 0.6) is 0 Å². The summed E-state index contributed by atoms with van der Waals surface area (Å²) in [6.07, 6.45) is 1.85. The van der Waals surface area contributed by atoms with Gasteiger partial charge < -0.3 is 9.80 Å². The van der Waals surface area contributed by atoms with Crippen LogP contribution >= 0.6 is 15.9 Å². The Balaban J connectivity index is 1.26. The van der Waals surface area contributed by atoms with Crippen LogP contribution in [0.3, 0.4) is 0 Å². The van der Waals surface area contributed by atoms with E-state index in [4.69, 9.17) is 0 Å². The number of nitrogens with zero attached hydrogens (tertiary/aromatic N) is 5. The molecule has 40 heavy (non-hydrogen) atoms. The van der Waals surface area contributed by atoms with Crippen LogP contribution in [-0.4, -0.2) is 62.0 Å². The molecule has 5 rings (SSSR count). The third-order valence-corrected chi connectivity index (χ3v) is 8.16. The van der Waals surface area contributed by atoms with Crippen molar-refractivity contribution in [1.29, 1.82) is 0 Å². The third-order valence-electron chi connectivity index (χ3n) is 7.44. The normalized spacial score (nSPS) is 14.3. The van der Waals surface area contributed by atoms with Crippen LogP contribution in [-0.2, 0) is 11.3 Å². The number of piperazine rings is 1. The van der Waals surface area contributed by atoms with Gasteiger partial charge in [0.1, 0.15) is 12.2 Å². The number of carbonyl (C=O) groups is 3. The van der Waals surface area contributed by atoms with Crippen LogP contribution in [0.2, 0.25) is 0 Å². The molecule has 2 amide bonds. The zero-order valence-electron chi connectivity index (χ0n) is 22.7. The lowest BCUT2D eigenvalue weighted by Crippen LogP contribution is -2.52. The summed E-state index contributed by atoms with van der Waals surface area (Å²) in [5.41, 5.74) is 5.04. The number of halogens is 1. The maximum Gasteiger partial charge on any atom is 0.255 e. The van der Waals surface area contributed by atoms with E-state index in [1.807, 2.05) is 63.4 Å². The fourth-order valence-corrected chi connectivity index (χ4v) is 5.47. The van der Waals surface area contributed by atoms with Crippen LogP contribution < -0.4 is 0 Å². The van der Waals surface area contributed by atoms with Crippen molar-refractivity contribution in [2.45, 2.75) is 33.4 Å². The summed E-state index contributed by atoms with van der Waals surface area (Å²) in [6, 6.07) is 20.3. The van der Waals surface area contributed by atoms with E-state index in [2.05, 4.69) is 26.2 Å². The smallest absolute Gasteiger partial charge is 0.255 e. The van der Waals surface area contributed by atoms with Crippen molar-refractivity contribution in [1.82, 2.24) is 24.8 Å². The first-order valence-corrected chi connectivity index (χ1v) is 14.0. The van der Waals surface area contributed by atoms with Gasteiger partial charge in [-0.1, -0.05) is 69.7 Å². The molecule has 1 aliphatic heterocycles. The monoisotopic (exact) mass is 599 g/mol. The molecule has 0 N–H and O–H groups in total. The van der Waals surface area contributed by atoms with E-state index in [1.54, 1.807) is 39.9 Å². The lowest BCUT2D eigenvalue weighted by atomic mass is 9.95. The third kappa shape index (κ3) is 5.60. The maximum atomic E-state index is 13.5. The van der Waals surface area contributed by atoms with Gasteiger partial charge in [-0.3, -0.25) is 14.4 Å². The molecule has 204 valence electrons. The van der Waals surface area contributed by atoms with E-state index in [0.717, 1.165) is 21.2 Å². The van der Waals surface area contributed by atoms with Crippen molar-refractivity contribution in [3.8, 4) is 0 Å². The Kier molecular flexibility index (Phi) is 7.93. The lowest BCUT2D eigenvalue weighted by molar-refractivity contribution is -0.135. The first-order valence-electron chi connectivity index (χ1n) is 13.2. The standard InChI is InChI=1S/C31H30BrN5O3/c1-20-12-13-23(16-21(20)2)30(39)26-9-4-5-10-27(26)31(40)36-15-14-35(29(38)19-36)17-24-18-37(34-33-24)22(3)25-8-6-7-11-28(25)32/h4-13,16,18,22H,14-15,17,19H2,1-3H3/t22-/m1/s1. The Labute approximate surface area is 241 Å². The van der Waals surface area contributed by atoms with Crippen molar-refractivity contribution in [2.75, 3.05) is 19.6 Å². The summed E-state index contributed by atoms with van der Waals surface area (Å²) in [5, 5.41) is 8.56. The number of amides is 2. The average Bonchev–Trinajstić information content (AvgIpc) is 3.43. The van der Waals surface area contributed by atoms with Crippen molar-refractivity contribution in [3.05, 3.63) is 116 Å². The predicted octanol–water partition coefficient (Wildman–Crippen LogP) is 4.98. The minimum Gasteiger partial charge on any atom is -0.333 e. The summed E-state index contributed by atoms with van der Waals surface area (Å²) >= 11 is 3.59. The number of ketones is 1. The second-order valence-corrected chi connectivity index (χ2v) is 11.0. The molecule has 1 fully saturated rings. The summed E-state index contributed by atoms with van der Waals surface area (Å²) < 4.78 is 2.77. The van der Waals surface area contributed by atoms with Gasteiger partial charge in [0.05, 0.1) is 24.3 Å². The molecule has 0 radical (unpaired) electrons. The number of aromatic nitrogens is 3. The van der Waals surface area contributed by atoms with Gasteiger partial charge >= 0.3 is 0 Å². The molecule has 9 heteroatoms. The molecular formula is C31H30BrN5O3. The number of aryl methyl sites for hydroxylation is 2. The molecule has 1 saturated heterocycles. The molecular weight excluding hydrogens is 570 g/mol. The zero-order chi connectivity index (χ0) is 28.4. The molecule has 0 aliphatic carbocycles. The van der Waals surface area contributed by atoms with Gasteiger partial charge in [-0.25, -0.2) is 4.68 Å². The first kappa shape index (κ1) is 27.5. The molecule has 1 aliphatic rings. The number of hydrogen-bond acceptors (Lipinski definition) is 5. The largest absolute Gasteiger partial charge is 0.333 e. The highest BCUT2D eigenvalue weighted by atomic mass is 79.9. The fourth-order valence-electron chi connectivity index (χ4n) is 4.85. The topological polar surface area (TPSA) is 88.4 Å². The quantitative estimate of drug-likeness (QED) is 0.279. The van der Waals surface area contributed by atoms with E-state index in [0.29, 0.717) is 42.0 Å². The molecule has 3 aromatic carbocycles. The second kappa shape index (κ2) is 11.6. The van der Waals surface area contributed by atoms with Crippen LogP contribution in [0.1, 0.15) is 61.6 Å². The molecule has 1 aromatic heterocycles. The number of hydrogen-bond donors (Lipinski definition) is 0. The van der Waals surface area contributed by atoms with E-state index in [-0.39, 0.29) is 30.2 Å². The van der Waals surface area contributed by atoms with Crippen molar-refractivity contribution in [3.63, 3.8) is 0 Å². The minimum absolute atomic E-state index is 0.0337. The molecule has 1 atom stereocenters. The number of benzene rings is 3. The van der Waals surface area contributed by atoms with Gasteiger partial charge in [-0.2, -0.15) is 0 Å². The molecule has 0 saturated carbocycles. The predicted molar refractivity (Wildman–Crippen MR) is 155 cm³/mol. The van der Waals surface area contributed by atoms with Crippen LogP contribution in [0.25, 0.3) is 0 Å². The molecule has 2 heterocycles. The van der Waals surface area contributed by atoms with Crippen molar-refractivity contribution < 1.29 is 14.4 Å². The molecule has 0 spiro atoms. The molecule has 8 nitrogen and oxygen atoms in total. The summed E-state index contributed by atoms with van der Waals surface area (Å²) in [5.74, 6) is -0.711. The SMILES string of the molecule is Cc1ccc(C(=O)c2ccccc2C(=O)N2CCN(Cc3cn([C@H](C)c4ccccc4Br)nn3)C(=O)C2)cc1C. The highest BCUT2D eigenvalue weighted by Crippen LogP contribution is 2.26. The van der Waals surface area contributed by atoms with E-state index in [1.165, 1.54) is 4.90 Å². The van der Waals surface area contributed by atoms with Gasteiger partial charge in [0.2, 0.25) is 5.91 Å². The van der Waals surface area contributed by atoms with Gasteiger partial charge in [-0.15, -0.1) is 5.10 Å². The summed E-state index contributed by atoms with van der Waals surface area (Å²) in [7, 11) is 0. The highest BCUT2D eigenvalue weighted by Gasteiger charge is 2.30. The van der Waals surface area contributed by atoms with E-state index in [9.17, 15) is 14.4 Å².